The molecule has 2 heterocycles. The summed E-state index contributed by atoms with van der Waals surface area (Å²) in [5.74, 6) is 0. The van der Waals surface area contributed by atoms with Crippen LogP contribution in [0.3, 0.4) is 0 Å². The topological polar surface area (TPSA) is 43.3 Å². The number of thiazole rings is 1. The average Bonchev–Trinajstić information content (AvgIpc) is 2.81. The molecule has 1 aromatic carbocycles. The smallest absolute Gasteiger partial charge is 0.194 e. The maximum atomic E-state index is 5.79. The first-order valence-electron chi connectivity index (χ1n) is 5.46. The third-order valence-corrected chi connectivity index (χ3v) is 4.04. The predicted octanol–water partition coefficient (Wildman–Crippen LogP) is 3.26. The minimum atomic E-state index is 0.770. The van der Waals surface area contributed by atoms with Gasteiger partial charge >= 0.3 is 0 Å². The van der Waals surface area contributed by atoms with Gasteiger partial charge in [-0.15, -0.1) is 11.3 Å². The normalized spacial score (nSPS) is 11.2. The molecule has 0 aliphatic rings. The van der Waals surface area contributed by atoms with Crippen LogP contribution in [0.5, 0.6) is 0 Å². The standard InChI is InChI=1S/C13H13N3S/c1-8-9(2)17-13-15-12(7-16(8)13)10-4-3-5-11(14)6-10/h3-7H,14H2,1-2H3. The van der Waals surface area contributed by atoms with E-state index < -0.39 is 0 Å². The number of imidazole rings is 1. The first-order valence-corrected chi connectivity index (χ1v) is 6.28. The van der Waals surface area contributed by atoms with Gasteiger partial charge in [0.2, 0.25) is 0 Å². The van der Waals surface area contributed by atoms with Crippen molar-refractivity contribution in [2.45, 2.75) is 13.8 Å². The van der Waals surface area contributed by atoms with Crippen LogP contribution in [-0.4, -0.2) is 9.38 Å². The predicted molar refractivity (Wildman–Crippen MR) is 72.4 cm³/mol. The van der Waals surface area contributed by atoms with Crippen LogP contribution in [0.2, 0.25) is 0 Å². The van der Waals surface area contributed by atoms with E-state index in [9.17, 15) is 0 Å². The van der Waals surface area contributed by atoms with Crippen molar-refractivity contribution < 1.29 is 0 Å². The summed E-state index contributed by atoms with van der Waals surface area (Å²) in [6.07, 6.45) is 2.07. The van der Waals surface area contributed by atoms with E-state index in [0.717, 1.165) is 21.9 Å². The van der Waals surface area contributed by atoms with Gasteiger partial charge in [0.15, 0.2) is 4.96 Å². The largest absolute Gasteiger partial charge is 0.399 e. The Kier molecular flexibility index (Phi) is 2.19. The molecule has 3 aromatic rings. The Balaban J connectivity index is 2.19. The SMILES string of the molecule is Cc1sc2nc(-c3cccc(N)c3)cn2c1C. The van der Waals surface area contributed by atoms with Crippen LogP contribution in [-0.2, 0) is 0 Å². The van der Waals surface area contributed by atoms with Crippen molar-refractivity contribution in [3.05, 3.63) is 41.0 Å². The number of hydrogen-bond acceptors (Lipinski definition) is 3. The lowest BCUT2D eigenvalue weighted by atomic mass is 10.1. The molecule has 4 heteroatoms. The zero-order valence-corrected chi connectivity index (χ0v) is 10.6. The van der Waals surface area contributed by atoms with E-state index in [2.05, 4.69) is 29.4 Å². The molecule has 0 atom stereocenters. The van der Waals surface area contributed by atoms with Crippen LogP contribution in [0.4, 0.5) is 5.69 Å². The Bertz CT molecular complexity index is 694. The Labute approximate surface area is 104 Å². The second-order valence-electron chi connectivity index (χ2n) is 4.15. The highest BCUT2D eigenvalue weighted by molar-refractivity contribution is 7.17. The number of benzene rings is 1. The molecule has 0 amide bonds. The number of nitrogens with two attached hydrogens (primary N) is 1. The zero-order valence-electron chi connectivity index (χ0n) is 9.77. The zero-order chi connectivity index (χ0) is 12.0. The molecule has 0 radical (unpaired) electrons. The van der Waals surface area contributed by atoms with Gasteiger partial charge in [0, 0.05) is 28.0 Å². The highest BCUT2D eigenvalue weighted by Gasteiger charge is 2.09. The number of aromatic nitrogens is 2. The minimum Gasteiger partial charge on any atom is -0.399 e. The van der Waals surface area contributed by atoms with Gasteiger partial charge < -0.3 is 5.73 Å². The fourth-order valence-corrected chi connectivity index (χ4v) is 2.84. The number of nitrogens with zero attached hydrogens (tertiary/aromatic N) is 2. The molecule has 0 saturated carbocycles. The Morgan fingerprint density at radius 2 is 2.12 bits per heavy atom. The Morgan fingerprint density at radius 1 is 1.29 bits per heavy atom. The number of anilines is 1. The van der Waals surface area contributed by atoms with Crippen LogP contribution < -0.4 is 5.73 Å². The monoisotopic (exact) mass is 243 g/mol. The molecule has 86 valence electrons. The van der Waals surface area contributed by atoms with Gasteiger partial charge in [-0.25, -0.2) is 4.98 Å². The molecule has 0 fully saturated rings. The van der Waals surface area contributed by atoms with E-state index in [1.165, 1.54) is 10.6 Å². The highest BCUT2D eigenvalue weighted by Crippen LogP contribution is 2.27. The maximum Gasteiger partial charge on any atom is 0.194 e. The van der Waals surface area contributed by atoms with Gasteiger partial charge in [-0.3, -0.25) is 4.40 Å². The van der Waals surface area contributed by atoms with E-state index in [0.29, 0.717) is 0 Å². The van der Waals surface area contributed by atoms with Gasteiger partial charge in [-0.05, 0) is 26.0 Å². The quantitative estimate of drug-likeness (QED) is 0.667. The van der Waals surface area contributed by atoms with Crippen LogP contribution in [0.15, 0.2) is 30.5 Å². The summed E-state index contributed by atoms with van der Waals surface area (Å²) in [7, 11) is 0. The molecule has 3 nitrogen and oxygen atoms in total. The van der Waals surface area contributed by atoms with Crippen LogP contribution >= 0.6 is 11.3 Å². The maximum absolute atomic E-state index is 5.79. The van der Waals surface area contributed by atoms with Gasteiger partial charge in [0.05, 0.1) is 5.69 Å². The van der Waals surface area contributed by atoms with Gasteiger partial charge in [0.1, 0.15) is 0 Å². The number of rotatable bonds is 1. The number of hydrogen-bond donors (Lipinski definition) is 1. The summed E-state index contributed by atoms with van der Waals surface area (Å²) in [4.78, 5) is 6.98. The molecule has 17 heavy (non-hydrogen) atoms. The summed E-state index contributed by atoms with van der Waals surface area (Å²) >= 11 is 1.72. The third-order valence-electron chi connectivity index (χ3n) is 2.97. The molecular formula is C13H13N3S. The van der Waals surface area contributed by atoms with Gasteiger partial charge in [-0.1, -0.05) is 12.1 Å². The van der Waals surface area contributed by atoms with E-state index in [1.54, 1.807) is 11.3 Å². The van der Waals surface area contributed by atoms with E-state index in [4.69, 9.17) is 5.73 Å². The van der Waals surface area contributed by atoms with Crippen molar-refractivity contribution in [2.75, 3.05) is 5.73 Å². The van der Waals surface area contributed by atoms with Crippen LogP contribution in [0.25, 0.3) is 16.2 Å². The molecule has 2 aromatic heterocycles. The number of fused-ring (bicyclic) bond motifs is 1. The van der Waals surface area contributed by atoms with E-state index in [-0.39, 0.29) is 0 Å². The van der Waals surface area contributed by atoms with Crippen molar-refractivity contribution in [3.63, 3.8) is 0 Å². The number of aryl methyl sites for hydroxylation is 2. The molecular weight excluding hydrogens is 230 g/mol. The van der Waals surface area contributed by atoms with Crippen LogP contribution in [0.1, 0.15) is 10.6 Å². The lowest BCUT2D eigenvalue weighted by Gasteiger charge is -1.97. The number of nitrogen functional groups attached to an aromatic ring is 1. The summed E-state index contributed by atoms with van der Waals surface area (Å²) in [6, 6.07) is 7.83. The summed E-state index contributed by atoms with van der Waals surface area (Å²) < 4.78 is 2.14. The molecule has 0 saturated heterocycles. The van der Waals surface area contributed by atoms with Crippen LogP contribution in [0, 0.1) is 13.8 Å². The fraction of sp³-hybridized carbons (Fsp3) is 0.154. The summed E-state index contributed by atoms with van der Waals surface area (Å²) in [6.45, 7) is 4.23. The molecule has 0 spiro atoms. The Morgan fingerprint density at radius 3 is 2.82 bits per heavy atom. The summed E-state index contributed by atoms with van der Waals surface area (Å²) in [5.41, 5.74) is 9.86. The first kappa shape index (κ1) is 10.4. The van der Waals surface area contributed by atoms with Gasteiger partial charge in [0.25, 0.3) is 0 Å². The van der Waals surface area contributed by atoms with Crippen molar-refractivity contribution >= 4 is 22.0 Å². The molecule has 0 aliphatic heterocycles. The lowest BCUT2D eigenvalue weighted by molar-refractivity contribution is 1.11. The minimum absolute atomic E-state index is 0.770. The van der Waals surface area contributed by atoms with Gasteiger partial charge in [-0.2, -0.15) is 0 Å². The second-order valence-corrected chi connectivity index (χ2v) is 5.33. The highest BCUT2D eigenvalue weighted by atomic mass is 32.1. The molecule has 0 bridgehead atoms. The average molecular weight is 243 g/mol. The lowest BCUT2D eigenvalue weighted by Crippen LogP contribution is -1.85. The molecule has 0 aliphatic carbocycles. The second kappa shape index (κ2) is 3.60. The van der Waals surface area contributed by atoms with Crippen molar-refractivity contribution in [3.8, 4) is 11.3 Å². The van der Waals surface area contributed by atoms with Crippen molar-refractivity contribution in [1.82, 2.24) is 9.38 Å². The van der Waals surface area contributed by atoms with Crippen molar-refractivity contribution in [2.24, 2.45) is 0 Å². The van der Waals surface area contributed by atoms with E-state index in [1.807, 2.05) is 24.3 Å². The molecule has 3 rings (SSSR count). The molecule has 2 N–H and O–H groups in total. The van der Waals surface area contributed by atoms with Crippen molar-refractivity contribution in [1.29, 1.82) is 0 Å². The summed E-state index contributed by atoms with van der Waals surface area (Å²) in [5, 5.41) is 0. The fourth-order valence-electron chi connectivity index (χ4n) is 1.89. The van der Waals surface area contributed by atoms with E-state index >= 15 is 0 Å². The first-order chi connectivity index (χ1) is 8.15. The molecule has 0 unspecified atom stereocenters. The Hall–Kier alpha value is -1.81. The third kappa shape index (κ3) is 1.61.